The van der Waals surface area contributed by atoms with Crippen molar-refractivity contribution in [3.05, 3.63) is 71.9 Å². The van der Waals surface area contributed by atoms with Gasteiger partial charge >= 0.3 is 0 Å². The molecule has 0 spiro atoms. The number of nitrogens with one attached hydrogen (secondary N) is 2. The normalized spacial score (nSPS) is 16.1. The largest absolute Gasteiger partial charge is 0.465 e. The summed E-state index contributed by atoms with van der Waals surface area (Å²) in [6.07, 6.45) is 4.64. The number of aromatic nitrogens is 2. The maximum Gasteiger partial charge on any atom is 0.191 e. The van der Waals surface area contributed by atoms with Crippen LogP contribution in [0.4, 0.5) is 0 Å². The molecule has 1 saturated heterocycles. The molecule has 32 heavy (non-hydrogen) atoms. The minimum atomic E-state index is 0.140. The molecule has 2 N–H and O–H groups in total. The van der Waals surface area contributed by atoms with E-state index in [0.717, 1.165) is 62.4 Å². The van der Waals surface area contributed by atoms with Crippen molar-refractivity contribution in [2.45, 2.75) is 19.4 Å². The zero-order valence-electron chi connectivity index (χ0n) is 18.8. The van der Waals surface area contributed by atoms with E-state index in [-0.39, 0.29) is 6.04 Å². The number of morpholine rings is 1. The lowest BCUT2D eigenvalue weighted by atomic mass is 10.1. The van der Waals surface area contributed by atoms with E-state index in [1.807, 2.05) is 29.9 Å². The summed E-state index contributed by atoms with van der Waals surface area (Å²) in [7, 11) is 1.80. The third kappa shape index (κ3) is 5.77. The molecule has 2 aromatic heterocycles. The van der Waals surface area contributed by atoms with Gasteiger partial charge in [-0.2, -0.15) is 5.10 Å². The standard InChI is InChI=1S/C24H32N6O2/c1-19-4-9-23(32-19)22(29-14-16-31-17-15-29)18-27-24(25-2)26-12-10-20-5-7-21(8-6-20)30-13-3-11-28-30/h3-9,11,13,22H,10,12,14-18H2,1-2H3,(H2,25,26,27). The second kappa shape index (κ2) is 11.0. The topological polar surface area (TPSA) is 79.8 Å². The molecule has 1 aliphatic heterocycles. The van der Waals surface area contributed by atoms with Gasteiger partial charge in [-0.05, 0) is 49.2 Å². The van der Waals surface area contributed by atoms with Crippen molar-refractivity contribution in [2.75, 3.05) is 46.4 Å². The van der Waals surface area contributed by atoms with Crippen molar-refractivity contribution in [3.8, 4) is 5.69 Å². The van der Waals surface area contributed by atoms with Crippen LogP contribution in [0.15, 0.2) is 64.3 Å². The fourth-order valence-corrected chi connectivity index (χ4v) is 3.91. The van der Waals surface area contributed by atoms with Crippen LogP contribution in [0.1, 0.15) is 23.1 Å². The summed E-state index contributed by atoms with van der Waals surface area (Å²) in [6, 6.07) is 14.6. The lowest BCUT2D eigenvalue weighted by Gasteiger charge is -2.33. The molecule has 3 aromatic rings. The summed E-state index contributed by atoms with van der Waals surface area (Å²) in [5, 5.41) is 11.2. The minimum Gasteiger partial charge on any atom is -0.465 e. The molecule has 170 valence electrons. The van der Waals surface area contributed by atoms with E-state index >= 15 is 0 Å². The Bertz CT molecular complexity index is 974. The van der Waals surface area contributed by atoms with Gasteiger partial charge in [0.05, 0.1) is 24.9 Å². The smallest absolute Gasteiger partial charge is 0.191 e. The van der Waals surface area contributed by atoms with Gasteiger partial charge in [-0.15, -0.1) is 0 Å². The molecule has 8 heteroatoms. The maximum absolute atomic E-state index is 5.95. The molecule has 0 radical (unpaired) electrons. The van der Waals surface area contributed by atoms with Gasteiger partial charge in [-0.1, -0.05) is 12.1 Å². The minimum absolute atomic E-state index is 0.140. The molecule has 1 unspecified atom stereocenters. The van der Waals surface area contributed by atoms with Crippen LogP contribution in [-0.4, -0.2) is 67.1 Å². The van der Waals surface area contributed by atoms with Crippen LogP contribution >= 0.6 is 0 Å². The van der Waals surface area contributed by atoms with Crippen molar-refractivity contribution in [3.63, 3.8) is 0 Å². The molecule has 0 saturated carbocycles. The van der Waals surface area contributed by atoms with Gasteiger partial charge in [0.1, 0.15) is 11.5 Å². The predicted octanol–water partition coefficient (Wildman–Crippen LogP) is 2.55. The van der Waals surface area contributed by atoms with E-state index in [1.54, 1.807) is 13.2 Å². The first-order chi connectivity index (χ1) is 15.7. The Morgan fingerprint density at radius 3 is 2.59 bits per heavy atom. The SMILES string of the molecule is CN=C(NCCc1ccc(-n2cccn2)cc1)NCC(c1ccc(C)o1)N1CCOCC1. The molecular weight excluding hydrogens is 404 g/mol. The fraction of sp³-hybridized carbons (Fsp3) is 0.417. The molecule has 8 nitrogen and oxygen atoms in total. The summed E-state index contributed by atoms with van der Waals surface area (Å²) >= 11 is 0. The summed E-state index contributed by atoms with van der Waals surface area (Å²) in [6.45, 7) is 6.79. The average molecular weight is 437 g/mol. The van der Waals surface area contributed by atoms with E-state index in [9.17, 15) is 0 Å². The number of hydrogen-bond acceptors (Lipinski definition) is 5. The Hall–Kier alpha value is -3.10. The molecule has 1 aromatic carbocycles. The average Bonchev–Trinajstić information content (AvgIpc) is 3.51. The van der Waals surface area contributed by atoms with E-state index in [4.69, 9.17) is 9.15 Å². The quantitative estimate of drug-likeness (QED) is 0.417. The van der Waals surface area contributed by atoms with E-state index in [1.165, 1.54) is 5.56 Å². The Kier molecular flexibility index (Phi) is 7.58. The van der Waals surface area contributed by atoms with Crippen molar-refractivity contribution < 1.29 is 9.15 Å². The summed E-state index contributed by atoms with van der Waals surface area (Å²) in [5.74, 6) is 2.70. The molecule has 0 aliphatic carbocycles. The van der Waals surface area contributed by atoms with Gasteiger partial charge in [0.2, 0.25) is 0 Å². The number of furan rings is 1. The number of rotatable bonds is 8. The zero-order chi connectivity index (χ0) is 22.2. The summed E-state index contributed by atoms with van der Waals surface area (Å²) in [4.78, 5) is 6.80. The van der Waals surface area contributed by atoms with Crippen LogP contribution in [0.5, 0.6) is 0 Å². The van der Waals surface area contributed by atoms with Crippen LogP contribution in [0, 0.1) is 6.92 Å². The number of ether oxygens (including phenoxy) is 1. The Labute approximate surface area is 189 Å². The number of aliphatic imine (C=N–C) groups is 1. The Morgan fingerprint density at radius 2 is 1.94 bits per heavy atom. The van der Waals surface area contributed by atoms with Crippen LogP contribution in [0.25, 0.3) is 5.69 Å². The third-order valence-corrected chi connectivity index (χ3v) is 5.67. The number of aryl methyl sites for hydroxylation is 1. The lowest BCUT2D eigenvalue weighted by Crippen LogP contribution is -2.46. The third-order valence-electron chi connectivity index (χ3n) is 5.67. The van der Waals surface area contributed by atoms with Crippen LogP contribution in [-0.2, 0) is 11.2 Å². The van der Waals surface area contributed by atoms with Gasteiger partial charge in [0.15, 0.2) is 5.96 Å². The summed E-state index contributed by atoms with van der Waals surface area (Å²) < 4.78 is 13.3. The van der Waals surface area contributed by atoms with Crippen molar-refractivity contribution in [1.82, 2.24) is 25.3 Å². The molecule has 3 heterocycles. The van der Waals surface area contributed by atoms with Gasteiger partial charge in [-0.3, -0.25) is 9.89 Å². The van der Waals surface area contributed by atoms with Gasteiger partial charge in [0, 0.05) is 45.6 Å². The number of guanidine groups is 1. The lowest BCUT2D eigenvalue weighted by molar-refractivity contribution is 0.0124. The molecule has 1 atom stereocenters. The van der Waals surface area contributed by atoms with Gasteiger partial charge < -0.3 is 19.8 Å². The van der Waals surface area contributed by atoms with E-state index in [0.29, 0.717) is 6.54 Å². The highest BCUT2D eigenvalue weighted by Gasteiger charge is 2.25. The first-order valence-electron chi connectivity index (χ1n) is 11.1. The van der Waals surface area contributed by atoms with E-state index in [2.05, 4.69) is 56.0 Å². The first-order valence-corrected chi connectivity index (χ1v) is 11.1. The summed E-state index contributed by atoms with van der Waals surface area (Å²) in [5.41, 5.74) is 2.33. The molecule has 4 rings (SSSR count). The van der Waals surface area contributed by atoms with Gasteiger partial charge in [-0.25, -0.2) is 4.68 Å². The van der Waals surface area contributed by atoms with Crippen LogP contribution in [0.2, 0.25) is 0 Å². The predicted molar refractivity (Wildman–Crippen MR) is 125 cm³/mol. The van der Waals surface area contributed by atoms with Crippen molar-refractivity contribution in [2.24, 2.45) is 4.99 Å². The highest BCUT2D eigenvalue weighted by atomic mass is 16.5. The molecule has 0 amide bonds. The highest BCUT2D eigenvalue weighted by Crippen LogP contribution is 2.23. The van der Waals surface area contributed by atoms with E-state index < -0.39 is 0 Å². The monoisotopic (exact) mass is 436 g/mol. The first kappa shape index (κ1) is 22.1. The molecule has 1 fully saturated rings. The van der Waals surface area contributed by atoms with Gasteiger partial charge in [0.25, 0.3) is 0 Å². The maximum atomic E-state index is 5.95. The van der Waals surface area contributed by atoms with Crippen molar-refractivity contribution in [1.29, 1.82) is 0 Å². The fourth-order valence-electron chi connectivity index (χ4n) is 3.91. The highest BCUT2D eigenvalue weighted by molar-refractivity contribution is 5.79. The molecule has 0 bridgehead atoms. The van der Waals surface area contributed by atoms with Crippen molar-refractivity contribution >= 4 is 5.96 Å². The molecular formula is C24H32N6O2. The number of benzene rings is 1. The zero-order valence-corrected chi connectivity index (χ0v) is 18.8. The second-order valence-electron chi connectivity index (χ2n) is 7.86. The van der Waals surface area contributed by atoms with Crippen LogP contribution < -0.4 is 10.6 Å². The number of hydrogen-bond donors (Lipinski definition) is 2. The number of nitrogens with zero attached hydrogens (tertiary/aromatic N) is 4. The Balaban J connectivity index is 1.28. The van der Waals surface area contributed by atoms with Crippen LogP contribution in [0.3, 0.4) is 0 Å². The Morgan fingerprint density at radius 1 is 1.12 bits per heavy atom. The second-order valence-corrected chi connectivity index (χ2v) is 7.86. The molecule has 1 aliphatic rings.